The third-order valence-corrected chi connectivity index (χ3v) is 3.57. The molecular formula is C14H29NO. The van der Waals surface area contributed by atoms with Crippen molar-refractivity contribution in [2.45, 2.75) is 84.0 Å². The highest BCUT2D eigenvalue weighted by molar-refractivity contribution is 4.81. The largest absolute Gasteiger partial charge is 0.372 e. The van der Waals surface area contributed by atoms with E-state index in [1.807, 2.05) is 0 Å². The Bertz CT molecular complexity index is 191. The Morgan fingerprint density at radius 1 is 1.38 bits per heavy atom. The molecule has 0 amide bonds. The van der Waals surface area contributed by atoms with Gasteiger partial charge >= 0.3 is 0 Å². The fourth-order valence-corrected chi connectivity index (χ4v) is 2.47. The fourth-order valence-electron chi connectivity index (χ4n) is 2.47. The second kappa shape index (κ2) is 6.61. The minimum Gasteiger partial charge on any atom is -0.372 e. The van der Waals surface area contributed by atoms with Crippen LogP contribution in [0, 0.1) is 0 Å². The summed E-state index contributed by atoms with van der Waals surface area (Å²) in [5.74, 6) is 0. The summed E-state index contributed by atoms with van der Waals surface area (Å²) < 4.78 is 6.02. The van der Waals surface area contributed by atoms with E-state index in [0.29, 0.717) is 12.1 Å². The number of nitrogens with one attached hydrogen (secondary N) is 1. The lowest BCUT2D eigenvalue weighted by Gasteiger charge is -2.21. The zero-order chi connectivity index (χ0) is 12.0. The van der Waals surface area contributed by atoms with Crippen LogP contribution < -0.4 is 5.32 Å². The molecule has 0 saturated carbocycles. The molecule has 1 aliphatic rings. The van der Waals surface area contributed by atoms with Gasteiger partial charge in [-0.15, -0.1) is 0 Å². The lowest BCUT2D eigenvalue weighted by atomic mass is 10.0. The fraction of sp³-hybridized carbons (Fsp3) is 1.00. The molecule has 1 fully saturated rings. The van der Waals surface area contributed by atoms with Crippen molar-refractivity contribution in [3.63, 3.8) is 0 Å². The first-order valence-electron chi connectivity index (χ1n) is 6.98. The average molecular weight is 227 g/mol. The first-order chi connectivity index (χ1) is 7.57. The summed E-state index contributed by atoms with van der Waals surface area (Å²) in [5, 5.41) is 3.61. The van der Waals surface area contributed by atoms with Gasteiger partial charge in [0.1, 0.15) is 0 Å². The van der Waals surface area contributed by atoms with Crippen LogP contribution in [0.1, 0.15) is 66.2 Å². The number of hydrogen-bond donors (Lipinski definition) is 1. The van der Waals surface area contributed by atoms with Crippen LogP contribution in [0.15, 0.2) is 0 Å². The van der Waals surface area contributed by atoms with Crippen LogP contribution in [0.3, 0.4) is 0 Å². The molecule has 2 unspecified atom stereocenters. The van der Waals surface area contributed by atoms with Gasteiger partial charge in [0.15, 0.2) is 0 Å². The highest BCUT2D eigenvalue weighted by Crippen LogP contribution is 2.31. The molecule has 1 saturated heterocycles. The summed E-state index contributed by atoms with van der Waals surface area (Å²) in [7, 11) is 0. The van der Waals surface area contributed by atoms with Gasteiger partial charge in [-0.2, -0.15) is 0 Å². The molecule has 1 N–H and O–H groups in total. The number of ether oxygens (including phenoxy) is 1. The van der Waals surface area contributed by atoms with E-state index in [1.165, 1.54) is 38.5 Å². The molecule has 0 radical (unpaired) electrons. The Labute approximate surface area is 101 Å². The van der Waals surface area contributed by atoms with E-state index >= 15 is 0 Å². The third-order valence-electron chi connectivity index (χ3n) is 3.57. The molecule has 0 aromatic heterocycles. The van der Waals surface area contributed by atoms with Crippen LogP contribution in [-0.2, 0) is 4.74 Å². The first-order valence-corrected chi connectivity index (χ1v) is 6.98. The second-order valence-electron chi connectivity index (χ2n) is 5.67. The standard InChI is InChI=1S/C14H29NO/c1-5-11-15-12(6-2)7-8-13-9-10-14(3,4)16-13/h12-13,15H,5-11H2,1-4H3. The van der Waals surface area contributed by atoms with Crippen LogP contribution in [0.4, 0.5) is 0 Å². The van der Waals surface area contributed by atoms with E-state index in [-0.39, 0.29) is 5.60 Å². The van der Waals surface area contributed by atoms with E-state index in [2.05, 4.69) is 33.0 Å². The zero-order valence-electron chi connectivity index (χ0n) is 11.5. The van der Waals surface area contributed by atoms with Crippen molar-refractivity contribution in [3.8, 4) is 0 Å². The lowest BCUT2D eigenvalue weighted by Crippen LogP contribution is -2.30. The summed E-state index contributed by atoms with van der Waals surface area (Å²) >= 11 is 0. The molecule has 2 heteroatoms. The van der Waals surface area contributed by atoms with E-state index in [1.54, 1.807) is 0 Å². The number of rotatable bonds is 7. The predicted octanol–water partition coefficient (Wildman–Crippen LogP) is 3.50. The smallest absolute Gasteiger partial charge is 0.0631 e. The Hall–Kier alpha value is -0.0800. The molecule has 96 valence electrons. The van der Waals surface area contributed by atoms with Crippen molar-refractivity contribution in [3.05, 3.63) is 0 Å². The van der Waals surface area contributed by atoms with E-state index < -0.39 is 0 Å². The predicted molar refractivity (Wildman–Crippen MR) is 69.8 cm³/mol. The maximum absolute atomic E-state index is 6.02. The lowest BCUT2D eigenvalue weighted by molar-refractivity contribution is -0.0198. The highest BCUT2D eigenvalue weighted by atomic mass is 16.5. The van der Waals surface area contributed by atoms with Gasteiger partial charge in [-0.05, 0) is 58.9 Å². The Morgan fingerprint density at radius 3 is 2.62 bits per heavy atom. The van der Waals surface area contributed by atoms with Gasteiger partial charge in [0.2, 0.25) is 0 Å². The van der Waals surface area contributed by atoms with Gasteiger partial charge in [-0.25, -0.2) is 0 Å². The van der Waals surface area contributed by atoms with Crippen molar-refractivity contribution in [1.82, 2.24) is 5.32 Å². The maximum Gasteiger partial charge on any atom is 0.0631 e. The molecule has 0 aliphatic carbocycles. The summed E-state index contributed by atoms with van der Waals surface area (Å²) in [6.07, 6.45) is 7.91. The Kier molecular flexibility index (Phi) is 5.77. The van der Waals surface area contributed by atoms with E-state index in [4.69, 9.17) is 4.74 Å². The minimum absolute atomic E-state index is 0.128. The highest BCUT2D eigenvalue weighted by Gasteiger charge is 2.31. The number of hydrogen-bond acceptors (Lipinski definition) is 2. The Balaban J connectivity index is 2.17. The normalized spacial score (nSPS) is 25.9. The summed E-state index contributed by atoms with van der Waals surface area (Å²) in [6, 6.07) is 0.687. The van der Waals surface area contributed by atoms with Crippen molar-refractivity contribution in [1.29, 1.82) is 0 Å². The molecule has 1 rings (SSSR count). The third kappa shape index (κ3) is 4.84. The van der Waals surface area contributed by atoms with Gasteiger partial charge in [0, 0.05) is 6.04 Å². The SMILES string of the molecule is CCCNC(CC)CCC1CCC(C)(C)O1. The van der Waals surface area contributed by atoms with Crippen molar-refractivity contribution in [2.75, 3.05) is 6.54 Å². The first kappa shape index (κ1) is 14.0. The molecule has 0 aromatic rings. The van der Waals surface area contributed by atoms with Crippen LogP contribution in [0.25, 0.3) is 0 Å². The van der Waals surface area contributed by atoms with Gasteiger partial charge in [0.25, 0.3) is 0 Å². The molecular weight excluding hydrogens is 198 g/mol. The molecule has 2 nitrogen and oxygen atoms in total. The van der Waals surface area contributed by atoms with Crippen molar-refractivity contribution < 1.29 is 4.74 Å². The van der Waals surface area contributed by atoms with Gasteiger partial charge < -0.3 is 10.1 Å². The molecule has 0 spiro atoms. The van der Waals surface area contributed by atoms with Crippen LogP contribution in [0.5, 0.6) is 0 Å². The molecule has 2 atom stereocenters. The van der Waals surface area contributed by atoms with Crippen LogP contribution in [-0.4, -0.2) is 24.3 Å². The quantitative estimate of drug-likeness (QED) is 0.718. The Morgan fingerprint density at radius 2 is 2.12 bits per heavy atom. The second-order valence-corrected chi connectivity index (χ2v) is 5.67. The molecule has 0 aromatic carbocycles. The van der Waals surface area contributed by atoms with Gasteiger partial charge in [-0.3, -0.25) is 0 Å². The summed E-state index contributed by atoms with van der Waals surface area (Å²) in [6.45, 7) is 10.1. The van der Waals surface area contributed by atoms with Crippen molar-refractivity contribution in [2.24, 2.45) is 0 Å². The van der Waals surface area contributed by atoms with Crippen molar-refractivity contribution >= 4 is 0 Å². The van der Waals surface area contributed by atoms with Gasteiger partial charge in [0.05, 0.1) is 11.7 Å². The average Bonchev–Trinajstić information content (AvgIpc) is 2.59. The molecule has 0 bridgehead atoms. The van der Waals surface area contributed by atoms with E-state index in [9.17, 15) is 0 Å². The maximum atomic E-state index is 6.02. The summed E-state index contributed by atoms with van der Waals surface area (Å²) in [4.78, 5) is 0. The molecule has 1 heterocycles. The summed E-state index contributed by atoms with van der Waals surface area (Å²) in [5.41, 5.74) is 0.128. The topological polar surface area (TPSA) is 21.3 Å². The minimum atomic E-state index is 0.128. The monoisotopic (exact) mass is 227 g/mol. The molecule has 1 aliphatic heterocycles. The zero-order valence-corrected chi connectivity index (χ0v) is 11.5. The van der Waals surface area contributed by atoms with Gasteiger partial charge in [-0.1, -0.05) is 13.8 Å². The van der Waals surface area contributed by atoms with E-state index in [0.717, 1.165) is 6.54 Å². The van der Waals surface area contributed by atoms with Crippen LogP contribution >= 0.6 is 0 Å². The molecule has 16 heavy (non-hydrogen) atoms. The van der Waals surface area contributed by atoms with Crippen LogP contribution in [0.2, 0.25) is 0 Å².